The molecule has 0 heterocycles. The van der Waals surface area contributed by atoms with E-state index in [0.29, 0.717) is 17.0 Å². The Morgan fingerprint density at radius 1 is 1.10 bits per heavy atom. The number of methoxy groups -OCH3 is 1. The summed E-state index contributed by atoms with van der Waals surface area (Å²) in [6, 6.07) is 15.4. The van der Waals surface area contributed by atoms with Gasteiger partial charge in [0.2, 0.25) is 0 Å². The van der Waals surface area contributed by atoms with Gasteiger partial charge in [-0.1, -0.05) is 30.3 Å². The van der Waals surface area contributed by atoms with Gasteiger partial charge < -0.3 is 24.4 Å². The lowest BCUT2D eigenvalue weighted by atomic mass is 10.0. The third-order valence-corrected chi connectivity index (χ3v) is 3.82. The Balaban J connectivity index is 2.22. The van der Waals surface area contributed by atoms with Crippen molar-refractivity contribution >= 4 is 17.7 Å². The minimum absolute atomic E-state index is 0.112. The number of carboxylic acid groups (broad SMARTS) is 1. The van der Waals surface area contributed by atoms with Crippen molar-refractivity contribution in [3.8, 4) is 5.75 Å². The lowest BCUT2D eigenvalue weighted by Gasteiger charge is -2.24. The smallest absolute Gasteiger partial charge is 0.412 e. The molecule has 0 unspecified atom stereocenters. The summed E-state index contributed by atoms with van der Waals surface area (Å²) in [5.41, 5.74) is 1.13. The van der Waals surface area contributed by atoms with Crippen molar-refractivity contribution in [3.05, 3.63) is 72.3 Å². The van der Waals surface area contributed by atoms with Crippen molar-refractivity contribution < 1.29 is 34.0 Å². The molecule has 2 atom stereocenters. The third kappa shape index (κ3) is 7.28. The Morgan fingerprint density at radius 3 is 2.38 bits per heavy atom. The van der Waals surface area contributed by atoms with E-state index in [2.05, 4.69) is 5.32 Å². The Hall–Kier alpha value is -3.36. The van der Waals surface area contributed by atoms with Gasteiger partial charge in [-0.05, 0) is 35.9 Å². The molecule has 2 rings (SSSR count). The average molecular weight is 401 g/mol. The number of nitrogens with one attached hydrogen (secondary N) is 1. The van der Waals surface area contributed by atoms with Gasteiger partial charge in [0.05, 0.1) is 6.61 Å². The van der Waals surface area contributed by atoms with Gasteiger partial charge >= 0.3 is 12.1 Å². The van der Waals surface area contributed by atoms with Crippen LogP contribution in [0.25, 0.3) is 0 Å². The zero-order valence-corrected chi connectivity index (χ0v) is 15.9. The number of benzene rings is 2. The van der Waals surface area contributed by atoms with Crippen LogP contribution in [0.3, 0.4) is 0 Å². The maximum absolute atomic E-state index is 12.4. The first-order valence-electron chi connectivity index (χ1n) is 8.83. The summed E-state index contributed by atoms with van der Waals surface area (Å²) in [6.45, 7) is 0.0413. The second-order valence-corrected chi connectivity index (χ2v) is 5.86. The maximum atomic E-state index is 12.4. The molecule has 0 aliphatic heterocycles. The summed E-state index contributed by atoms with van der Waals surface area (Å²) >= 11 is 0. The van der Waals surface area contributed by atoms with E-state index in [1.165, 1.54) is 13.2 Å². The maximum Gasteiger partial charge on any atom is 0.412 e. The Bertz CT molecular complexity index is 806. The molecule has 8 nitrogen and oxygen atoms in total. The predicted molar refractivity (Wildman–Crippen MR) is 106 cm³/mol. The first-order chi connectivity index (χ1) is 14.0. The van der Waals surface area contributed by atoms with Gasteiger partial charge in [-0.15, -0.1) is 0 Å². The molecule has 0 saturated heterocycles. The van der Waals surface area contributed by atoms with E-state index in [-0.39, 0.29) is 13.2 Å². The summed E-state index contributed by atoms with van der Waals surface area (Å²) in [5.74, 6) is -0.613. The fourth-order valence-electron chi connectivity index (χ4n) is 2.51. The molecule has 0 saturated carbocycles. The number of anilines is 1. The molecule has 1 amide bonds. The van der Waals surface area contributed by atoms with Crippen molar-refractivity contribution in [2.75, 3.05) is 25.6 Å². The predicted octanol–water partition coefficient (Wildman–Crippen LogP) is 3.00. The van der Waals surface area contributed by atoms with Gasteiger partial charge in [-0.2, -0.15) is 0 Å². The lowest BCUT2D eigenvalue weighted by Crippen LogP contribution is -2.27. The molecular weight excluding hydrogens is 378 g/mol. The van der Waals surface area contributed by atoms with Crippen molar-refractivity contribution in [1.82, 2.24) is 0 Å². The second kappa shape index (κ2) is 11.5. The van der Waals surface area contributed by atoms with Crippen LogP contribution < -0.4 is 10.1 Å². The number of para-hydroxylation sites is 1. The molecule has 0 fully saturated rings. The summed E-state index contributed by atoms with van der Waals surface area (Å²) in [6.07, 6.45) is -0.229. The Kier molecular flexibility index (Phi) is 8.68. The number of rotatable bonds is 10. The number of ether oxygens (including phenoxy) is 3. The number of carboxylic acids is 1. The van der Waals surface area contributed by atoms with E-state index in [1.807, 2.05) is 6.07 Å². The van der Waals surface area contributed by atoms with E-state index in [1.54, 1.807) is 48.5 Å². The molecule has 0 radical (unpaired) electrons. The number of aliphatic hydroxyl groups is 1. The average Bonchev–Trinajstić information content (AvgIpc) is 2.72. The van der Waals surface area contributed by atoms with Gasteiger partial charge in [-0.3, -0.25) is 5.32 Å². The molecule has 0 aromatic heterocycles. The van der Waals surface area contributed by atoms with Crippen LogP contribution >= 0.6 is 0 Å². The topological polar surface area (TPSA) is 114 Å². The van der Waals surface area contributed by atoms with Crippen LogP contribution in [0, 0.1) is 0 Å². The van der Waals surface area contributed by atoms with Crippen LogP contribution in [0.1, 0.15) is 11.7 Å². The quantitative estimate of drug-likeness (QED) is 0.524. The highest BCUT2D eigenvalue weighted by molar-refractivity contribution is 5.84. The van der Waals surface area contributed by atoms with Crippen LogP contribution in [0.5, 0.6) is 5.75 Å². The molecular formula is C21H23NO7. The largest absolute Gasteiger partial charge is 0.491 e. The van der Waals surface area contributed by atoms with Gasteiger partial charge in [0.25, 0.3) is 0 Å². The number of amides is 1. The van der Waals surface area contributed by atoms with E-state index < -0.39 is 24.3 Å². The molecule has 2 aromatic carbocycles. The van der Waals surface area contributed by atoms with Crippen molar-refractivity contribution in [2.45, 2.75) is 12.2 Å². The fraction of sp³-hybridized carbons (Fsp3) is 0.238. The minimum Gasteiger partial charge on any atom is -0.491 e. The Morgan fingerprint density at radius 2 is 1.79 bits per heavy atom. The molecule has 0 spiro atoms. The standard InChI is InChI=1S/C21H23NO7/c1-27-18(11-12-19(24)25)20(15-7-9-17(10-8-15)28-14-13-23)29-21(26)22-16-5-3-2-4-6-16/h2-12,18,20,23H,13-14H2,1H3,(H,22,26)(H,24,25)/b12-11+/t18-,20-/m1/s1. The molecule has 0 aliphatic carbocycles. The molecule has 0 aliphatic rings. The summed E-state index contributed by atoms with van der Waals surface area (Å²) in [7, 11) is 1.39. The van der Waals surface area contributed by atoms with Crippen LogP contribution in [0.2, 0.25) is 0 Å². The van der Waals surface area contributed by atoms with Crippen LogP contribution in [-0.2, 0) is 14.3 Å². The van der Waals surface area contributed by atoms with Gasteiger partial charge in [0, 0.05) is 18.9 Å². The monoisotopic (exact) mass is 401 g/mol. The zero-order valence-electron chi connectivity index (χ0n) is 15.9. The number of aliphatic hydroxyl groups excluding tert-OH is 1. The van der Waals surface area contributed by atoms with E-state index in [9.17, 15) is 9.59 Å². The first-order valence-corrected chi connectivity index (χ1v) is 8.83. The van der Waals surface area contributed by atoms with E-state index in [0.717, 1.165) is 6.08 Å². The zero-order chi connectivity index (χ0) is 21.1. The van der Waals surface area contributed by atoms with Gasteiger partial charge in [0.1, 0.15) is 18.5 Å². The van der Waals surface area contributed by atoms with Crippen LogP contribution in [-0.4, -0.2) is 48.7 Å². The second-order valence-electron chi connectivity index (χ2n) is 5.86. The molecule has 3 N–H and O–H groups in total. The first kappa shape index (κ1) is 21.9. The lowest BCUT2D eigenvalue weighted by molar-refractivity contribution is -0.131. The molecule has 154 valence electrons. The highest BCUT2D eigenvalue weighted by Crippen LogP contribution is 2.27. The number of aliphatic carboxylic acids is 1. The highest BCUT2D eigenvalue weighted by atomic mass is 16.6. The molecule has 29 heavy (non-hydrogen) atoms. The van der Waals surface area contributed by atoms with Crippen molar-refractivity contribution in [1.29, 1.82) is 0 Å². The van der Waals surface area contributed by atoms with Crippen molar-refractivity contribution in [3.63, 3.8) is 0 Å². The third-order valence-electron chi connectivity index (χ3n) is 3.82. The van der Waals surface area contributed by atoms with Crippen molar-refractivity contribution in [2.24, 2.45) is 0 Å². The van der Waals surface area contributed by atoms with Crippen LogP contribution in [0.4, 0.5) is 10.5 Å². The summed E-state index contributed by atoms with van der Waals surface area (Å²) in [4.78, 5) is 23.3. The van der Waals surface area contributed by atoms with Gasteiger partial charge in [0.15, 0.2) is 6.10 Å². The number of hydrogen-bond donors (Lipinski definition) is 3. The minimum atomic E-state index is -1.15. The fourth-order valence-corrected chi connectivity index (χ4v) is 2.51. The summed E-state index contributed by atoms with van der Waals surface area (Å²) < 4.78 is 16.2. The summed E-state index contributed by atoms with van der Waals surface area (Å²) in [5, 5.41) is 20.4. The van der Waals surface area contributed by atoms with E-state index >= 15 is 0 Å². The number of carbonyl (C=O) groups is 2. The molecule has 8 heteroatoms. The SMILES string of the molecule is CO[C@H](/C=C/C(=O)O)[C@H](OC(=O)Nc1ccccc1)c1ccc(OCCO)cc1. The normalized spacial score (nSPS) is 12.9. The van der Waals surface area contributed by atoms with Crippen LogP contribution in [0.15, 0.2) is 66.7 Å². The number of hydrogen-bond acceptors (Lipinski definition) is 6. The molecule has 0 bridgehead atoms. The highest BCUT2D eigenvalue weighted by Gasteiger charge is 2.26. The van der Waals surface area contributed by atoms with E-state index in [4.69, 9.17) is 24.4 Å². The molecule has 2 aromatic rings. The Labute approximate surface area is 168 Å². The van der Waals surface area contributed by atoms with Gasteiger partial charge in [-0.25, -0.2) is 9.59 Å². The number of carbonyl (C=O) groups excluding carboxylic acids is 1.